The third-order valence-electron chi connectivity index (χ3n) is 3.33. The van der Waals surface area contributed by atoms with E-state index in [1.807, 2.05) is 0 Å². The summed E-state index contributed by atoms with van der Waals surface area (Å²) in [5.41, 5.74) is 1.12. The van der Waals surface area contributed by atoms with E-state index in [9.17, 15) is 18.3 Å². The molecule has 0 saturated heterocycles. The van der Waals surface area contributed by atoms with E-state index >= 15 is 0 Å². The lowest BCUT2D eigenvalue weighted by Gasteiger charge is -2.08. The van der Waals surface area contributed by atoms with Crippen molar-refractivity contribution in [3.63, 3.8) is 0 Å². The van der Waals surface area contributed by atoms with Crippen LogP contribution >= 0.6 is 11.6 Å². The van der Waals surface area contributed by atoms with E-state index in [-0.39, 0.29) is 22.0 Å². The number of ether oxygens (including phenoxy) is 1. The molecule has 0 bridgehead atoms. The zero-order chi connectivity index (χ0) is 17.2. The lowest BCUT2D eigenvalue weighted by molar-refractivity contribution is 0.0597. The molecule has 5 nitrogen and oxygen atoms in total. The van der Waals surface area contributed by atoms with Crippen LogP contribution in [0.2, 0.25) is 5.02 Å². The van der Waals surface area contributed by atoms with E-state index in [0.717, 1.165) is 5.56 Å². The first-order valence-electron chi connectivity index (χ1n) is 6.63. The largest absolute Gasteiger partial charge is 0.507 e. The van der Waals surface area contributed by atoms with Crippen molar-refractivity contribution in [3.8, 4) is 5.75 Å². The number of esters is 1. The van der Waals surface area contributed by atoms with Gasteiger partial charge in [0.1, 0.15) is 11.3 Å². The van der Waals surface area contributed by atoms with E-state index < -0.39 is 15.8 Å². The average molecular weight is 355 g/mol. The van der Waals surface area contributed by atoms with E-state index in [0.29, 0.717) is 10.6 Å². The van der Waals surface area contributed by atoms with Crippen molar-refractivity contribution in [2.45, 2.75) is 17.6 Å². The Hall–Kier alpha value is -2.05. The lowest BCUT2D eigenvalue weighted by Crippen LogP contribution is -2.06. The Labute approximate surface area is 139 Å². The predicted octanol–water partition coefficient (Wildman–Crippen LogP) is 3.11. The Morgan fingerprint density at radius 3 is 2.48 bits per heavy atom. The van der Waals surface area contributed by atoms with Gasteiger partial charge in [-0.05, 0) is 42.3 Å². The molecule has 23 heavy (non-hydrogen) atoms. The third-order valence-corrected chi connectivity index (χ3v) is 5.42. The molecule has 1 N–H and O–H groups in total. The first-order chi connectivity index (χ1) is 10.7. The van der Waals surface area contributed by atoms with Crippen LogP contribution < -0.4 is 0 Å². The molecule has 0 atom stereocenters. The minimum Gasteiger partial charge on any atom is -0.507 e. The number of carbonyl (C=O) groups is 1. The maximum atomic E-state index is 12.4. The van der Waals surface area contributed by atoms with E-state index in [1.54, 1.807) is 13.0 Å². The average Bonchev–Trinajstić information content (AvgIpc) is 2.49. The number of sulfone groups is 1. The van der Waals surface area contributed by atoms with Gasteiger partial charge in [-0.3, -0.25) is 0 Å². The Morgan fingerprint density at radius 2 is 1.91 bits per heavy atom. The van der Waals surface area contributed by atoms with Crippen molar-refractivity contribution in [2.75, 3.05) is 7.11 Å². The Balaban J connectivity index is 2.32. The topological polar surface area (TPSA) is 80.7 Å². The van der Waals surface area contributed by atoms with Crippen LogP contribution in [0.3, 0.4) is 0 Å². The smallest absolute Gasteiger partial charge is 0.341 e. The lowest BCUT2D eigenvalue weighted by atomic mass is 10.1. The summed E-state index contributed by atoms with van der Waals surface area (Å²) >= 11 is 5.96. The maximum Gasteiger partial charge on any atom is 0.341 e. The molecule has 7 heteroatoms. The number of phenols is 1. The number of rotatable bonds is 4. The van der Waals surface area contributed by atoms with Crippen LogP contribution in [0, 0.1) is 6.92 Å². The number of benzene rings is 2. The van der Waals surface area contributed by atoms with Gasteiger partial charge in [-0.25, -0.2) is 13.2 Å². The summed E-state index contributed by atoms with van der Waals surface area (Å²) in [6.45, 7) is 1.78. The molecule has 0 spiro atoms. The second-order valence-corrected chi connectivity index (χ2v) is 7.41. The standard InChI is InChI=1S/C16H15ClO5S/c1-10-3-5-12(8-14(10)17)23(20,21)9-11-4-6-13(15(18)7-11)16(19)22-2/h3-8,18H,9H2,1-2H3. The highest BCUT2D eigenvalue weighted by Gasteiger charge is 2.18. The number of aromatic hydroxyl groups is 1. The van der Waals surface area contributed by atoms with Crippen molar-refractivity contribution >= 4 is 27.4 Å². The zero-order valence-electron chi connectivity index (χ0n) is 12.5. The molecule has 2 rings (SSSR count). The van der Waals surface area contributed by atoms with Crippen LogP contribution in [0.15, 0.2) is 41.3 Å². The van der Waals surface area contributed by atoms with Crippen LogP contribution in [0.1, 0.15) is 21.5 Å². The van der Waals surface area contributed by atoms with Crippen LogP contribution in [0.4, 0.5) is 0 Å². The highest BCUT2D eigenvalue weighted by Crippen LogP contribution is 2.25. The fourth-order valence-electron chi connectivity index (χ4n) is 2.02. The summed E-state index contributed by atoms with van der Waals surface area (Å²) in [5, 5.41) is 10.2. The highest BCUT2D eigenvalue weighted by molar-refractivity contribution is 7.90. The molecule has 2 aromatic carbocycles. The summed E-state index contributed by atoms with van der Waals surface area (Å²) in [6.07, 6.45) is 0. The van der Waals surface area contributed by atoms with Crippen LogP contribution in [-0.2, 0) is 20.3 Å². The minimum atomic E-state index is -3.62. The predicted molar refractivity (Wildman–Crippen MR) is 86.5 cm³/mol. The van der Waals surface area contributed by atoms with Gasteiger partial charge in [0, 0.05) is 5.02 Å². The van der Waals surface area contributed by atoms with E-state index in [2.05, 4.69) is 4.74 Å². The Kier molecular flexibility index (Phi) is 4.97. The van der Waals surface area contributed by atoms with Crippen molar-refractivity contribution in [1.82, 2.24) is 0 Å². The number of hydrogen-bond acceptors (Lipinski definition) is 5. The fourth-order valence-corrected chi connectivity index (χ4v) is 3.62. The molecule has 2 aromatic rings. The molecule has 0 unspecified atom stereocenters. The summed E-state index contributed by atoms with van der Waals surface area (Å²) in [4.78, 5) is 11.5. The molecule has 122 valence electrons. The summed E-state index contributed by atoms with van der Waals surface area (Å²) in [5.74, 6) is -1.34. The molecular formula is C16H15ClO5S. The molecule has 0 saturated carbocycles. The molecule has 0 amide bonds. The van der Waals surface area contributed by atoms with Crippen LogP contribution in [-0.4, -0.2) is 26.6 Å². The number of aryl methyl sites for hydroxylation is 1. The molecule has 0 heterocycles. The van der Waals surface area contributed by atoms with Gasteiger partial charge >= 0.3 is 5.97 Å². The fraction of sp³-hybridized carbons (Fsp3) is 0.188. The normalized spacial score (nSPS) is 11.3. The first-order valence-corrected chi connectivity index (χ1v) is 8.67. The molecule has 0 fully saturated rings. The van der Waals surface area contributed by atoms with E-state index in [1.165, 1.54) is 37.4 Å². The second kappa shape index (κ2) is 6.60. The minimum absolute atomic E-state index is 0.0213. The number of methoxy groups -OCH3 is 1. The van der Waals surface area contributed by atoms with Gasteiger partial charge in [0.05, 0.1) is 17.8 Å². The first kappa shape index (κ1) is 17.3. The Morgan fingerprint density at radius 1 is 1.22 bits per heavy atom. The molecule has 0 aliphatic rings. The number of hydrogen-bond donors (Lipinski definition) is 1. The van der Waals surface area contributed by atoms with Crippen molar-refractivity contribution in [3.05, 3.63) is 58.1 Å². The van der Waals surface area contributed by atoms with Crippen molar-refractivity contribution in [1.29, 1.82) is 0 Å². The molecule has 0 aliphatic carbocycles. The van der Waals surface area contributed by atoms with Gasteiger partial charge in [0.15, 0.2) is 9.84 Å². The zero-order valence-corrected chi connectivity index (χ0v) is 14.1. The van der Waals surface area contributed by atoms with Crippen LogP contribution in [0.5, 0.6) is 5.75 Å². The van der Waals surface area contributed by atoms with Gasteiger partial charge in [-0.1, -0.05) is 23.7 Å². The quantitative estimate of drug-likeness (QED) is 0.853. The van der Waals surface area contributed by atoms with Gasteiger partial charge in [0.2, 0.25) is 0 Å². The maximum absolute atomic E-state index is 12.4. The molecule has 0 radical (unpaired) electrons. The summed E-state index contributed by atoms with van der Waals surface area (Å²) in [7, 11) is -2.42. The van der Waals surface area contributed by atoms with Gasteiger partial charge in [0.25, 0.3) is 0 Å². The summed E-state index contributed by atoms with van der Waals surface area (Å²) < 4.78 is 29.4. The van der Waals surface area contributed by atoms with Crippen molar-refractivity contribution in [2.24, 2.45) is 0 Å². The second-order valence-electron chi connectivity index (χ2n) is 5.01. The molecule has 0 aromatic heterocycles. The van der Waals surface area contributed by atoms with Gasteiger partial charge < -0.3 is 9.84 Å². The van der Waals surface area contributed by atoms with Gasteiger partial charge in [-0.2, -0.15) is 0 Å². The number of phenolic OH excluding ortho intramolecular Hbond substituents is 1. The van der Waals surface area contributed by atoms with Gasteiger partial charge in [-0.15, -0.1) is 0 Å². The summed E-state index contributed by atoms with van der Waals surface area (Å²) in [6, 6.07) is 8.54. The number of halogens is 1. The third kappa shape index (κ3) is 3.83. The molecule has 0 aliphatic heterocycles. The highest BCUT2D eigenvalue weighted by atomic mass is 35.5. The SMILES string of the molecule is COC(=O)c1ccc(CS(=O)(=O)c2ccc(C)c(Cl)c2)cc1O. The number of carbonyl (C=O) groups excluding carboxylic acids is 1. The Bertz CT molecular complexity index is 859. The monoisotopic (exact) mass is 354 g/mol. The van der Waals surface area contributed by atoms with Crippen LogP contribution in [0.25, 0.3) is 0 Å². The molecular weight excluding hydrogens is 340 g/mol. The van der Waals surface area contributed by atoms with Crippen molar-refractivity contribution < 1.29 is 23.1 Å². The van der Waals surface area contributed by atoms with E-state index in [4.69, 9.17) is 11.6 Å².